The zero-order valence-electron chi connectivity index (χ0n) is 11.1. The Morgan fingerprint density at radius 2 is 2.15 bits per heavy atom. The molecule has 0 fully saturated rings. The van der Waals surface area contributed by atoms with E-state index in [0.717, 1.165) is 32.9 Å². The van der Waals surface area contributed by atoms with Gasteiger partial charge < -0.3 is 5.32 Å². The molecule has 2 aromatic heterocycles. The van der Waals surface area contributed by atoms with Crippen molar-refractivity contribution in [3.05, 3.63) is 63.4 Å². The van der Waals surface area contributed by atoms with Crippen LogP contribution in [0.2, 0.25) is 5.02 Å². The van der Waals surface area contributed by atoms with Gasteiger partial charge in [0.2, 0.25) is 0 Å². The molecule has 4 heteroatoms. The largest absolute Gasteiger partial charge is 0.306 e. The molecular weight excluding hydrogens is 288 g/mol. The summed E-state index contributed by atoms with van der Waals surface area (Å²) >= 11 is 7.96. The topological polar surface area (TPSA) is 24.9 Å². The van der Waals surface area contributed by atoms with Crippen molar-refractivity contribution < 1.29 is 0 Å². The Hall–Kier alpha value is -1.42. The van der Waals surface area contributed by atoms with Gasteiger partial charge in [0.15, 0.2) is 0 Å². The minimum atomic E-state index is 0.101. The molecule has 0 aliphatic heterocycles. The third-order valence-corrected chi connectivity index (χ3v) is 4.68. The molecule has 1 unspecified atom stereocenters. The third kappa shape index (κ3) is 2.57. The highest BCUT2D eigenvalue weighted by molar-refractivity contribution is 7.10. The number of nitrogens with one attached hydrogen (secondary N) is 1. The first kappa shape index (κ1) is 13.6. The minimum absolute atomic E-state index is 0.101. The minimum Gasteiger partial charge on any atom is -0.306 e. The van der Waals surface area contributed by atoms with Crippen LogP contribution in [0.3, 0.4) is 0 Å². The van der Waals surface area contributed by atoms with Gasteiger partial charge in [0.05, 0.1) is 16.6 Å². The van der Waals surface area contributed by atoms with Gasteiger partial charge in [0, 0.05) is 16.5 Å². The molecule has 3 rings (SSSR count). The van der Waals surface area contributed by atoms with E-state index in [0.29, 0.717) is 0 Å². The molecule has 1 N–H and O–H groups in total. The van der Waals surface area contributed by atoms with Gasteiger partial charge in [-0.25, -0.2) is 0 Å². The fourth-order valence-corrected chi connectivity index (χ4v) is 3.59. The van der Waals surface area contributed by atoms with Gasteiger partial charge in [-0.2, -0.15) is 0 Å². The van der Waals surface area contributed by atoms with Crippen molar-refractivity contribution in [3.8, 4) is 0 Å². The normalized spacial score (nSPS) is 12.7. The van der Waals surface area contributed by atoms with Crippen molar-refractivity contribution in [2.45, 2.75) is 13.0 Å². The molecular formula is C16H15ClN2S. The molecule has 0 saturated heterocycles. The van der Waals surface area contributed by atoms with Crippen LogP contribution in [0, 0.1) is 0 Å². The fourth-order valence-electron chi connectivity index (χ4n) is 2.32. The summed E-state index contributed by atoms with van der Waals surface area (Å²) in [6.45, 7) is 2.98. The lowest BCUT2D eigenvalue weighted by Gasteiger charge is -2.17. The Balaban J connectivity index is 2.07. The van der Waals surface area contributed by atoms with Crippen LogP contribution in [-0.4, -0.2) is 11.5 Å². The first-order chi connectivity index (χ1) is 9.79. The summed E-state index contributed by atoms with van der Waals surface area (Å²) in [5, 5.41) is 7.48. The molecule has 20 heavy (non-hydrogen) atoms. The third-order valence-electron chi connectivity index (χ3n) is 3.26. The molecule has 2 nitrogen and oxygen atoms in total. The predicted octanol–water partition coefficient (Wildman–Crippen LogP) is 4.65. The van der Waals surface area contributed by atoms with E-state index in [4.69, 9.17) is 11.6 Å². The number of hydrogen-bond donors (Lipinski definition) is 1. The summed E-state index contributed by atoms with van der Waals surface area (Å²) in [7, 11) is 0. The summed E-state index contributed by atoms with van der Waals surface area (Å²) in [6, 6.07) is 12.4. The maximum atomic E-state index is 6.29. The second kappa shape index (κ2) is 5.92. The molecule has 1 aromatic carbocycles. The fraction of sp³-hybridized carbons (Fsp3) is 0.188. The number of rotatable bonds is 4. The van der Waals surface area contributed by atoms with Gasteiger partial charge in [-0.3, -0.25) is 4.98 Å². The molecule has 0 spiro atoms. The lowest BCUT2D eigenvalue weighted by molar-refractivity contribution is 0.639. The van der Waals surface area contributed by atoms with Crippen LogP contribution in [0.15, 0.2) is 48.0 Å². The lowest BCUT2D eigenvalue weighted by atomic mass is 10.0. The maximum absolute atomic E-state index is 6.29. The maximum Gasteiger partial charge on any atom is 0.0702 e. The highest BCUT2D eigenvalue weighted by Crippen LogP contribution is 2.33. The first-order valence-corrected chi connectivity index (χ1v) is 7.86. The lowest BCUT2D eigenvalue weighted by Crippen LogP contribution is -2.21. The van der Waals surface area contributed by atoms with E-state index in [9.17, 15) is 0 Å². The highest BCUT2D eigenvalue weighted by atomic mass is 35.5. The van der Waals surface area contributed by atoms with E-state index in [1.165, 1.54) is 0 Å². The molecule has 0 aliphatic rings. The van der Waals surface area contributed by atoms with Crippen LogP contribution in [0.25, 0.3) is 10.9 Å². The first-order valence-electron chi connectivity index (χ1n) is 6.60. The van der Waals surface area contributed by atoms with Crippen LogP contribution in [0.5, 0.6) is 0 Å². The Morgan fingerprint density at radius 1 is 1.30 bits per heavy atom. The molecule has 0 bridgehead atoms. The number of thiophene rings is 1. The number of aromatic nitrogens is 1. The van der Waals surface area contributed by atoms with Crippen molar-refractivity contribution in [1.82, 2.24) is 10.3 Å². The molecule has 2 heterocycles. The SMILES string of the molecule is CCNC(c1cnc2ccccc2c1)c1sccc1Cl. The van der Waals surface area contributed by atoms with E-state index in [1.807, 2.05) is 35.8 Å². The Bertz CT molecular complexity index is 723. The van der Waals surface area contributed by atoms with Crippen LogP contribution in [0.1, 0.15) is 23.4 Å². The van der Waals surface area contributed by atoms with E-state index < -0.39 is 0 Å². The van der Waals surface area contributed by atoms with Crippen LogP contribution in [-0.2, 0) is 0 Å². The molecule has 1 atom stereocenters. The van der Waals surface area contributed by atoms with Gasteiger partial charge in [-0.05, 0) is 35.7 Å². The average Bonchev–Trinajstić information content (AvgIpc) is 2.90. The van der Waals surface area contributed by atoms with Crippen LogP contribution in [0.4, 0.5) is 0 Å². The second-order valence-electron chi connectivity index (χ2n) is 4.58. The summed E-state index contributed by atoms with van der Waals surface area (Å²) < 4.78 is 0. The van der Waals surface area contributed by atoms with Crippen molar-refractivity contribution in [1.29, 1.82) is 0 Å². The highest BCUT2D eigenvalue weighted by Gasteiger charge is 2.18. The molecule has 0 amide bonds. The van der Waals surface area contributed by atoms with Gasteiger partial charge >= 0.3 is 0 Å². The molecule has 3 aromatic rings. The van der Waals surface area contributed by atoms with E-state index >= 15 is 0 Å². The zero-order chi connectivity index (χ0) is 13.9. The van der Waals surface area contributed by atoms with Crippen LogP contribution >= 0.6 is 22.9 Å². The summed E-state index contributed by atoms with van der Waals surface area (Å²) in [5.41, 5.74) is 2.17. The number of halogens is 1. The number of pyridine rings is 1. The standard InChI is InChI=1S/C16H15ClN2S/c1-2-18-15(16-13(17)7-8-20-16)12-9-11-5-3-4-6-14(11)19-10-12/h3-10,15,18H,2H2,1H3. The Kier molecular flexibility index (Phi) is 4.01. The van der Waals surface area contributed by atoms with E-state index in [-0.39, 0.29) is 6.04 Å². The number of benzene rings is 1. The number of para-hydroxylation sites is 1. The second-order valence-corrected chi connectivity index (χ2v) is 5.94. The smallest absolute Gasteiger partial charge is 0.0702 e. The van der Waals surface area contributed by atoms with E-state index in [2.05, 4.69) is 29.4 Å². The van der Waals surface area contributed by atoms with Crippen molar-refractivity contribution in [2.75, 3.05) is 6.54 Å². The van der Waals surface area contributed by atoms with Gasteiger partial charge in [-0.15, -0.1) is 11.3 Å². The summed E-state index contributed by atoms with van der Waals surface area (Å²) in [4.78, 5) is 5.69. The number of hydrogen-bond acceptors (Lipinski definition) is 3. The predicted molar refractivity (Wildman–Crippen MR) is 86.6 cm³/mol. The van der Waals surface area contributed by atoms with Crippen molar-refractivity contribution >= 4 is 33.8 Å². The molecule has 0 radical (unpaired) electrons. The van der Waals surface area contributed by atoms with Crippen molar-refractivity contribution in [2.24, 2.45) is 0 Å². The summed E-state index contributed by atoms with van der Waals surface area (Å²) in [5.74, 6) is 0. The van der Waals surface area contributed by atoms with Gasteiger partial charge in [0.25, 0.3) is 0 Å². The Labute approximate surface area is 127 Å². The number of fused-ring (bicyclic) bond motifs is 1. The molecule has 0 saturated carbocycles. The van der Waals surface area contributed by atoms with Crippen LogP contribution < -0.4 is 5.32 Å². The zero-order valence-corrected chi connectivity index (χ0v) is 12.7. The number of nitrogens with zero attached hydrogens (tertiary/aromatic N) is 1. The van der Waals surface area contributed by atoms with E-state index in [1.54, 1.807) is 11.3 Å². The quantitative estimate of drug-likeness (QED) is 0.759. The van der Waals surface area contributed by atoms with Crippen molar-refractivity contribution in [3.63, 3.8) is 0 Å². The Morgan fingerprint density at radius 3 is 2.90 bits per heavy atom. The monoisotopic (exact) mass is 302 g/mol. The van der Waals surface area contributed by atoms with Gasteiger partial charge in [-0.1, -0.05) is 36.7 Å². The average molecular weight is 303 g/mol. The summed E-state index contributed by atoms with van der Waals surface area (Å²) in [6.07, 6.45) is 1.94. The van der Waals surface area contributed by atoms with Gasteiger partial charge in [0.1, 0.15) is 0 Å². The molecule has 102 valence electrons. The molecule has 0 aliphatic carbocycles.